The van der Waals surface area contributed by atoms with Crippen molar-refractivity contribution in [3.63, 3.8) is 0 Å². The average molecular weight is 244 g/mol. The van der Waals surface area contributed by atoms with Crippen LogP contribution in [0, 0.1) is 17.2 Å². The quantitative estimate of drug-likeness (QED) is 0.831. The van der Waals surface area contributed by atoms with Crippen LogP contribution in [-0.2, 0) is 4.79 Å². The number of hydrogen-bond acceptors (Lipinski definition) is 3. The lowest BCUT2D eigenvalue weighted by molar-refractivity contribution is -0.140. The van der Waals surface area contributed by atoms with E-state index < -0.39 is 12.0 Å². The Hall–Kier alpha value is -1.86. The van der Waals surface area contributed by atoms with Crippen LogP contribution in [0.2, 0.25) is 0 Å². The topological polar surface area (TPSA) is 73.1 Å². The summed E-state index contributed by atoms with van der Waals surface area (Å²) in [5.41, 5.74) is 1.61. The number of nitrogens with zero attached hydrogens (tertiary/aromatic N) is 1. The molecule has 0 aromatic heterocycles. The fourth-order valence-corrected chi connectivity index (χ4v) is 2.05. The third-order valence-corrected chi connectivity index (χ3v) is 3.33. The molecule has 0 saturated heterocycles. The van der Waals surface area contributed by atoms with Crippen molar-refractivity contribution in [2.45, 2.75) is 31.8 Å². The van der Waals surface area contributed by atoms with Crippen LogP contribution in [0.4, 0.5) is 0 Å². The Labute approximate surface area is 106 Å². The van der Waals surface area contributed by atoms with E-state index in [9.17, 15) is 4.79 Å². The van der Waals surface area contributed by atoms with Crippen LogP contribution in [-0.4, -0.2) is 17.1 Å². The minimum Gasteiger partial charge on any atom is -0.480 e. The van der Waals surface area contributed by atoms with Gasteiger partial charge in [0.05, 0.1) is 11.6 Å². The van der Waals surface area contributed by atoms with Gasteiger partial charge in [0.25, 0.3) is 0 Å². The molecule has 18 heavy (non-hydrogen) atoms. The van der Waals surface area contributed by atoms with Gasteiger partial charge in [-0.25, -0.2) is 0 Å². The molecule has 2 atom stereocenters. The molecule has 4 nitrogen and oxygen atoms in total. The van der Waals surface area contributed by atoms with Gasteiger partial charge in [-0.1, -0.05) is 12.1 Å². The number of carboxylic acid groups (broad SMARTS) is 1. The van der Waals surface area contributed by atoms with E-state index in [4.69, 9.17) is 10.4 Å². The Balaban J connectivity index is 2.03. The smallest absolute Gasteiger partial charge is 0.320 e. The van der Waals surface area contributed by atoms with Gasteiger partial charge in [0.1, 0.15) is 6.04 Å². The average Bonchev–Trinajstić information content (AvgIpc) is 3.19. The fourth-order valence-electron chi connectivity index (χ4n) is 2.05. The first-order valence-electron chi connectivity index (χ1n) is 6.10. The molecule has 2 N–H and O–H groups in total. The van der Waals surface area contributed by atoms with Crippen LogP contribution >= 0.6 is 0 Å². The second-order valence-electron chi connectivity index (χ2n) is 4.78. The highest BCUT2D eigenvalue weighted by molar-refractivity contribution is 5.74. The summed E-state index contributed by atoms with van der Waals surface area (Å²) < 4.78 is 0. The zero-order valence-corrected chi connectivity index (χ0v) is 10.3. The van der Waals surface area contributed by atoms with Gasteiger partial charge < -0.3 is 5.11 Å². The minimum atomic E-state index is -0.780. The molecule has 1 aromatic rings. The lowest BCUT2D eigenvalue weighted by Gasteiger charge is -2.20. The van der Waals surface area contributed by atoms with E-state index in [2.05, 4.69) is 11.4 Å². The first-order chi connectivity index (χ1) is 8.61. The van der Waals surface area contributed by atoms with E-state index in [-0.39, 0.29) is 12.0 Å². The van der Waals surface area contributed by atoms with Crippen LogP contribution < -0.4 is 5.32 Å². The van der Waals surface area contributed by atoms with Crippen LogP contribution in [0.1, 0.15) is 36.9 Å². The highest BCUT2D eigenvalue weighted by atomic mass is 16.4. The number of aliphatic carboxylic acids is 1. The third-order valence-electron chi connectivity index (χ3n) is 3.33. The van der Waals surface area contributed by atoms with Crippen LogP contribution in [0.5, 0.6) is 0 Å². The number of hydrogen-bond donors (Lipinski definition) is 2. The fraction of sp³-hybridized carbons (Fsp3) is 0.429. The van der Waals surface area contributed by atoms with E-state index in [1.54, 1.807) is 12.1 Å². The van der Waals surface area contributed by atoms with Gasteiger partial charge in [0, 0.05) is 6.04 Å². The summed E-state index contributed by atoms with van der Waals surface area (Å²) in [7, 11) is 0. The zero-order chi connectivity index (χ0) is 13.1. The molecule has 2 rings (SSSR count). The van der Waals surface area contributed by atoms with E-state index >= 15 is 0 Å². The molecule has 1 fully saturated rings. The molecule has 0 heterocycles. The van der Waals surface area contributed by atoms with Gasteiger partial charge in [-0.3, -0.25) is 10.1 Å². The van der Waals surface area contributed by atoms with Crippen molar-refractivity contribution in [1.82, 2.24) is 5.32 Å². The summed E-state index contributed by atoms with van der Waals surface area (Å²) in [4.78, 5) is 11.1. The number of nitrogens with one attached hydrogen (secondary N) is 1. The Morgan fingerprint density at radius 2 is 2.06 bits per heavy atom. The first-order valence-corrected chi connectivity index (χ1v) is 6.10. The SMILES string of the molecule is CC(NC(C(=O)O)C1CC1)c1ccc(C#N)cc1. The standard InChI is InChI=1S/C14H16N2O2/c1-9(11-4-2-10(8-15)3-5-11)16-13(14(17)18)12-6-7-12/h2-5,9,12-13,16H,6-7H2,1H3,(H,17,18). The Kier molecular flexibility index (Phi) is 3.63. The predicted molar refractivity (Wildman–Crippen MR) is 66.9 cm³/mol. The zero-order valence-electron chi connectivity index (χ0n) is 10.3. The van der Waals surface area contributed by atoms with Crippen LogP contribution in [0.25, 0.3) is 0 Å². The number of rotatable bonds is 5. The van der Waals surface area contributed by atoms with Crippen molar-refractivity contribution in [1.29, 1.82) is 5.26 Å². The summed E-state index contributed by atoms with van der Waals surface area (Å²) in [6.07, 6.45) is 1.98. The predicted octanol–water partition coefficient (Wildman–Crippen LogP) is 2.07. The molecule has 0 radical (unpaired) electrons. The Morgan fingerprint density at radius 3 is 2.50 bits per heavy atom. The molecule has 4 heteroatoms. The van der Waals surface area contributed by atoms with Crippen molar-refractivity contribution in [2.75, 3.05) is 0 Å². The first kappa shape index (κ1) is 12.6. The normalized spacial score (nSPS) is 17.8. The summed E-state index contributed by atoms with van der Waals surface area (Å²) in [6, 6.07) is 8.80. The molecule has 0 amide bonds. The number of benzene rings is 1. The summed E-state index contributed by atoms with van der Waals surface area (Å²) in [5, 5.41) is 21.0. The molecule has 0 bridgehead atoms. The molecule has 1 aromatic carbocycles. The van der Waals surface area contributed by atoms with Crippen molar-refractivity contribution in [3.05, 3.63) is 35.4 Å². The molecule has 2 unspecified atom stereocenters. The number of carbonyl (C=O) groups is 1. The molecule has 0 spiro atoms. The van der Waals surface area contributed by atoms with Gasteiger partial charge >= 0.3 is 5.97 Å². The molecule has 1 saturated carbocycles. The van der Waals surface area contributed by atoms with Crippen molar-refractivity contribution < 1.29 is 9.90 Å². The second kappa shape index (κ2) is 5.19. The van der Waals surface area contributed by atoms with Gasteiger partial charge in [0.15, 0.2) is 0 Å². The maximum absolute atomic E-state index is 11.1. The van der Waals surface area contributed by atoms with Crippen LogP contribution in [0.15, 0.2) is 24.3 Å². The summed E-state index contributed by atoms with van der Waals surface area (Å²) in [5.74, 6) is -0.513. The van der Waals surface area contributed by atoms with Crippen LogP contribution in [0.3, 0.4) is 0 Å². The maximum Gasteiger partial charge on any atom is 0.320 e. The van der Waals surface area contributed by atoms with Gasteiger partial charge in [-0.15, -0.1) is 0 Å². The summed E-state index contributed by atoms with van der Waals surface area (Å²) in [6.45, 7) is 1.94. The summed E-state index contributed by atoms with van der Waals surface area (Å²) >= 11 is 0. The highest BCUT2D eigenvalue weighted by Crippen LogP contribution is 2.33. The third kappa shape index (κ3) is 2.88. The van der Waals surface area contributed by atoms with E-state index in [0.717, 1.165) is 18.4 Å². The molecule has 1 aliphatic carbocycles. The Bertz CT molecular complexity index is 472. The molecule has 1 aliphatic rings. The van der Waals surface area contributed by atoms with E-state index in [0.29, 0.717) is 5.56 Å². The molecular weight excluding hydrogens is 228 g/mol. The number of nitriles is 1. The Morgan fingerprint density at radius 1 is 1.44 bits per heavy atom. The monoisotopic (exact) mass is 244 g/mol. The minimum absolute atomic E-state index is 0.0283. The second-order valence-corrected chi connectivity index (χ2v) is 4.78. The lowest BCUT2D eigenvalue weighted by Crippen LogP contribution is -2.40. The lowest BCUT2D eigenvalue weighted by atomic mass is 10.0. The number of carboxylic acids is 1. The molecule has 94 valence electrons. The van der Waals surface area contributed by atoms with Crippen molar-refractivity contribution in [3.8, 4) is 6.07 Å². The van der Waals surface area contributed by atoms with Crippen molar-refractivity contribution >= 4 is 5.97 Å². The largest absolute Gasteiger partial charge is 0.480 e. The van der Waals surface area contributed by atoms with Crippen molar-refractivity contribution in [2.24, 2.45) is 5.92 Å². The maximum atomic E-state index is 11.1. The van der Waals surface area contributed by atoms with Gasteiger partial charge in [-0.05, 0) is 43.4 Å². The van der Waals surface area contributed by atoms with E-state index in [1.165, 1.54) is 0 Å². The van der Waals surface area contributed by atoms with Gasteiger partial charge in [0.2, 0.25) is 0 Å². The van der Waals surface area contributed by atoms with E-state index in [1.807, 2.05) is 19.1 Å². The highest BCUT2D eigenvalue weighted by Gasteiger charge is 2.36. The van der Waals surface area contributed by atoms with Gasteiger partial charge in [-0.2, -0.15) is 5.26 Å². The molecule has 0 aliphatic heterocycles. The molecular formula is C14H16N2O2.